The smallest absolute Gasteiger partial charge is 0.255 e. The van der Waals surface area contributed by atoms with Gasteiger partial charge in [-0.1, -0.05) is 210 Å². The van der Waals surface area contributed by atoms with Crippen LogP contribution in [-0.2, 0) is 19.4 Å². The van der Waals surface area contributed by atoms with Gasteiger partial charge in [0.15, 0.2) is 0 Å². The molecule has 4 aromatic carbocycles. The molecule has 0 unspecified atom stereocenters. The number of nitrogens with zero attached hydrogens (tertiary/aromatic N) is 2. The molecule has 63 heavy (non-hydrogen) atoms. The van der Waals surface area contributed by atoms with Gasteiger partial charge in [-0.2, -0.15) is 10.2 Å². The quantitative estimate of drug-likeness (QED) is 0.0357. The molecular weight excluding hydrogens is 773 g/mol. The van der Waals surface area contributed by atoms with Crippen molar-refractivity contribution < 1.29 is 9.59 Å². The lowest BCUT2D eigenvalue weighted by molar-refractivity contribution is 0.101. The predicted molar refractivity (Wildman–Crippen MR) is 269 cm³/mol. The molecule has 0 spiro atoms. The molecule has 6 heteroatoms. The lowest BCUT2D eigenvalue weighted by Crippen LogP contribution is -2.12. The van der Waals surface area contributed by atoms with Gasteiger partial charge >= 0.3 is 0 Å². The topological polar surface area (TPSA) is 82.9 Å². The Bertz CT molecular complexity index is 1870. The van der Waals surface area contributed by atoms with E-state index in [1.807, 2.05) is 60.7 Å². The SMILES string of the molecule is CCCCCCCCCCCCCCCc1cccc(NC(=O)c2cccc(CN=Nc3cccc(C(=O)Nc4cccc(CCCCCCCCCCCCCCC)c4)c3)c2)c1. The molecule has 0 radical (unpaired) electrons. The molecule has 0 fully saturated rings. The van der Waals surface area contributed by atoms with Crippen molar-refractivity contribution in [1.29, 1.82) is 0 Å². The maximum Gasteiger partial charge on any atom is 0.255 e. The zero-order valence-corrected chi connectivity index (χ0v) is 39.5. The molecule has 342 valence electrons. The van der Waals surface area contributed by atoms with Crippen LogP contribution in [0.4, 0.5) is 17.1 Å². The standard InChI is InChI=1S/C57H82N4O2/c1-3-5-7-9-11-13-15-17-19-21-23-25-27-33-48-35-30-40-53(44-48)59-56(62)51-38-29-37-50(43-51)47-58-61-55-42-32-39-52(46-55)57(63)60-54-41-31-36-49(45-54)34-28-26-24-22-20-18-16-14-12-10-8-6-4-2/h29-32,35-46H,3-28,33-34,47H2,1-2H3,(H,59,62)(H,60,63). The lowest BCUT2D eigenvalue weighted by Gasteiger charge is -2.09. The minimum atomic E-state index is -0.172. The normalized spacial score (nSPS) is 11.3. The number of carbonyl (C=O) groups excluding carboxylic acids is 2. The lowest BCUT2D eigenvalue weighted by atomic mass is 10.0. The van der Waals surface area contributed by atoms with E-state index in [0.717, 1.165) is 29.8 Å². The van der Waals surface area contributed by atoms with Crippen LogP contribution in [0.1, 0.15) is 218 Å². The minimum Gasteiger partial charge on any atom is -0.322 e. The Morgan fingerprint density at radius 1 is 0.397 bits per heavy atom. The summed E-state index contributed by atoms with van der Waals surface area (Å²) in [5.74, 6) is -0.315. The summed E-state index contributed by atoms with van der Waals surface area (Å²) in [7, 11) is 0. The van der Waals surface area contributed by atoms with Gasteiger partial charge in [0.05, 0.1) is 12.2 Å². The Balaban J connectivity index is 1.12. The first-order chi connectivity index (χ1) is 31.0. The van der Waals surface area contributed by atoms with Gasteiger partial charge in [0, 0.05) is 22.5 Å². The van der Waals surface area contributed by atoms with Crippen molar-refractivity contribution in [3.8, 4) is 0 Å². The second-order valence-electron chi connectivity index (χ2n) is 17.9. The summed E-state index contributed by atoms with van der Waals surface area (Å²) in [5.41, 5.74) is 6.74. The third-order valence-electron chi connectivity index (χ3n) is 12.2. The average molecular weight is 855 g/mol. The molecule has 6 nitrogen and oxygen atoms in total. The Morgan fingerprint density at radius 3 is 1.21 bits per heavy atom. The van der Waals surface area contributed by atoms with Crippen LogP contribution in [0.3, 0.4) is 0 Å². The van der Waals surface area contributed by atoms with Gasteiger partial charge in [0.1, 0.15) is 0 Å². The Morgan fingerprint density at radius 2 is 0.762 bits per heavy atom. The molecule has 0 saturated heterocycles. The van der Waals surface area contributed by atoms with Crippen molar-refractivity contribution >= 4 is 28.9 Å². The van der Waals surface area contributed by atoms with Crippen LogP contribution >= 0.6 is 0 Å². The fraction of sp³-hybridized carbons (Fsp3) is 0.544. The Hall–Kier alpha value is -4.58. The predicted octanol–water partition coefficient (Wildman–Crippen LogP) is 17.7. The van der Waals surface area contributed by atoms with E-state index in [1.54, 1.807) is 12.1 Å². The maximum absolute atomic E-state index is 13.2. The zero-order valence-electron chi connectivity index (χ0n) is 39.5. The Kier molecular flexibility index (Phi) is 26.7. The first-order valence-electron chi connectivity index (χ1n) is 25.4. The number of azo groups is 1. The number of hydrogen-bond donors (Lipinski definition) is 2. The number of rotatable bonds is 35. The number of anilines is 2. The van der Waals surface area contributed by atoms with Gasteiger partial charge in [-0.3, -0.25) is 9.59 Å². The molecular formula is C57H82N4O2. The van der Waals surface area contributed by atoms with E-state index in [0.29, 0.717) is 23.4 Å². The van der Waals surface area contributed by atoms with Gasteiger partial charge in [0.2, 0.25) is 0 Å². The summed E-state index contributed by atoms with van der Waals surface area (Å²) >= 11 is 0. The van der Waals surface area contributed by atoms with E-state index < -0.39 is 0 Å². The number of aryl methyl sites for hydroxylation is 2. The maximum atomic E-state index is 13.2. The molecule has 0 aromatic heterocycles. The number of benzene rings is 4. The van der Waals surface area contributed by atoms with Crippen LogP contribution in [0.15, 0.2) is 107 Å². The van der Waals surface area contributed by atoms with Crippen molar-refractivity contribution in [2.75, 3.05) is 10.6 Å². The van der Waals surface area contributed by atoms with Crippen LogP contribution in [0, 0.1) is 0 Å². The molecule has 0 aliphatic rings. The largest absolute Gasteiger partial charge is 0.322 e. The number of hydrogen-bond acceptors (Lipinski definition) is 4. The number of carbonyl (C=O) groups is 2. The van der Waals surface area contributed by atoms with Crippen molar-refractivity contribution in [1.82, 2.24) is 0 Å². The fourth-order valence-corrected chi connectivity index (χ4v) is 8.43. The van der Waals surface area contributed by atoms with Crippen LogP contribution in [0.2, 0.25) is 0 Å². The van der Waals surface area contributed by atoms with Gasteiger partial charge in [0.25, 0.3) is 11.8 Å². The highest BCUT2D eigenvalue weighted by molar-refractivity contribution is 6.05. The fourth-order valence-electron chi connectivity index (χ4n) is 8.43. The van der Waals surface area contributed by atoms with E-state index in [2.05, 4.69) is 59.0 Å². The number of amides is 2. The van der Waals surface area contributed by atoms with E-state index in [1.165, 1.54) is 178 Å². The highest BCUT2D eigenvalue weighted by Crippen LogP contribution is 2.21. The van der Waals surface area contributed by atoms with Crippen LogP contribution < -0.4 is 10.6 Å². The van der Waals surface area contributed by atoms with Gasteiger partial charge < -0.3 is 10.6 Å². The van der Waals surface area contributed by atoms with Crippen molar-refractivity contribution in [3.63, 3.8) is 0 Å². The van der Waals surface area contributed by atoms with Crippen molar-refractivity contribution in [2.24, 2.45) is 10.2 Å². The molecule has 0 aliphatic carbocycles. The molecule has 0 saturated carbocycles. The van der Waals surface area contributed by atoms with E-state index in [4.69, 9.17) is 0 Å². The van der Waals surface area contributed by atoms with Crippen LogP contribution in [-0.4, -0.2) is 11.8 Å². The minimum absolute atomic E-state index is 0.143. The third kappa shape index (κ3) is 23.1. The van der Waals surface area contributed by atoms with Crippen molar-refractivity contribution in [2.45, 2.75) is 200 Å². The van der Waals surface area contributed by atoms with E-state index in [9.17, 15) is 9.59 Å². The molecule has 4 rings (SSSR count). The average Bonchev–Trinajstić information content (AvgIpc) is 3.30. The first kappa shape index (κ1) is 51.1. The van der Waals surface area contributed by atoms with Gasteiger partial charge in [-0.15, -0.1) is 0 Å². The van der Waals surface area contributed by atoms with Crippen LogP contribution in [0.25, 0.3) is 0 Å². The third-order valence-corrected chi connectivity index (χ3v) is 12.2. The molecule has 4 aromatic rings. The van der Waals surface area contributed by atoms with Crippen molar-refractivity contribution in [3.05, 3.63) is 125 Å². The molecule has 2 N–H and O–H groups in total. The molecule has 2 amide bonds. The highest BCUT2D eigenvalue weighted by atomic mass is 16.2. The van der Waals surface area contributed by atoms with Gasteiger partial charge in [-0.05, 0) is 97.0 Å². The first-order valence-corrected chi connectivity index (χ1v) is 25.4. The Labute approximate surface area is 383 Å². The number of unbranched alkanes of at least 4 members (excludes halogenated alkanes) is 24. The highest BCUT2D eigenvalue weighted by Gasteiger charge is 2.10. The summed E-state index contributed by atoms with van der Waals surface area (Å²) in [6.07, 6.45) is 37.2. The van der Waals surface area contributed by atoms with Gasteiger partial charge in [-0.25, -0.2) is 0 Å². The second kappa shape index (κ2) is 33.0. The molecule has 0 aliphatic heterocycles. The summed E-state index contributed by atoms with van der Waals surface area (Å²) in [6, 6.07) is 31.2. The summed E-state index contributed by atoms with van der Waals surface area (Å²) in [5, 5.41) is 15.0. The zero-order chi connectivity index (χ0) is 44.4. The number of nitrogens with one attached hydrogen (secondary N) is 2. The summed E-state index contributed by atoms with van der Waals surface area (Å²) in [4.78, 5) is 26.5. The second-order valence-corrected chi connectivity index (χ2v) is 17.9. The van der Waals surface area contributed by atoms with E-state index in [-0.39, 0.29) is 11.8 Å². The summed E-state index contributed by atoms with van der Waals surface area (Å²) in [6.45, 7) is 4.88. The monoisotopic (exact) mass is 855 g/mol. The summed E-state index contributed by atoms with van der Waals surface area (Å²) < 4.78 is 0. The molecule has 0 heterocycles. The molecule has 0 bridgehead atoms. The van der Waals surface area contributed by atoms with Crippen LogP contribution in [0.5, 0.6) is 0 Å². The van der Waals surface area contributed by atoms with E-state index >= 15 is 0 Å². The molecule has 0 atom stereocenters.